The molecule has 4 N–H and O–H groups in total. The maximum atomic E-state index is 13.2. The molecule has 0 radical (unpaired) electrons. The first-order valence-electron chi connectivity index (χ1n) is 8.73. The van der Waals surface area contributed by atoms with E-state index in [0.29, 0.717) is 27.0 Å². The molecule has 1 atom stereocenters. The van der Waals surface area contributed by atoms with Crippen molar-refractivity contribution < 1.29 is 9.59 Å². The van der Waals surface area contributed by atoms with Gasteiger partial charge in [0, 0.05) is 27.4 Å². The number of halogens is 1. The number of hydrogen-bond donors (Lipinski definition) is 3. The Morgan fingerprint density at radius 3 is 2.42 bits per heavy atom. The van der Waals surface area contributed by atoms with E-state index in [4.69, 9.17) is 29.6 Å². The lowest BCUT2D eigenvalue weighted by Gasteiger charge is -2.47. The fraction of sp³-hybridized carbons (Fsp3) is 0.421. The molecule has 5 nitrogen and oxygen atoms in total. The molecule has 2 amide bonds. The van der Waals surface area contributed by atoms with E-state index in [9.17, 15) is 9.59 Å². The first kappa shape index (κ1) is 18.9. The highest BCUT2D eigenvalue weighted by Gasteiger charge is 2.52. The summed E-state index contributed by atoms with van der Waals surface area (Å²) >= 11 is 11.3. The number of rotatable bonds is 3. The van der Waals surface area contributed by atoms with Gasteiger partial charge in [-0.1, -0.05) is 43.1 Å². The number of hydrogen-bond acceptors (Lipinski definition) is 3. The molecule has 1 aliphatic heterocycles. The largest absolute Gasteiger partial charge is 0.369 e. The molecule has 3 rings (SSSR count). The van der Waals surface area contributed by atoms with Gasteiger partial charge in [-0.05, 0) is 44.0 Å². The van der Waals surface area contributed by atoms with Gasteiger partial charge in [0.2, 0.25) is 5.91 Å². The zero-order valence-electron chi connectivity index (χ0n) is 14.6. The Balaban J connectivity index is 2.01. The average molecular weight is 392 g/mol. The molecule has 0 bridgehead atoms. The van der Waals surface area contributed by atoms with Gasteiger partial charge < -0.3 is 16.4 Å². The Morgan fingerprint density at radius 2 is 1.85 bits per heavy atom. The minimum atomic E-state index is -0.660. The summed E-state index contributed by atoms with van der Waals surface area (Å²) in [5.41, 5.74) is 7.00. The summed E-state index contributed by atoms with van der Waals surface area (Å²) in [5.74, 6) is -1.37. The van der Waals surface area contributed by atoms with Crippen molar-refractivity contribution in [3.8, 4) is 0 Å². The quantitative estimate of drug-likeness (QED) is 0.688. The van der Waals surface area contributed by atoms with Crippen LogP contribution in [0.4, 0.5) is 5.69 Å². The molecule has 1 aliphatic carbocycles. The Bertz CT molecular complexity index is 782. The fourth-order valence-corrected chi connectivity index (χ4v) is 4.96. The normalized spacial score (nSPS) is 22.1. The monoisotopic (exact) mass is 391 g/mol. The summed E-state index contributed by atoms with van der Waals surface area (Å²) in [7, 11) is 0. The minimum absolute atomic E-state index is 0.229. The van der Waals surface area contributed by atoms with E-state index in [-0.39, 0.29) is 5.91 Å². The van der Waals surface area contributed by atoms with Crippen molar-refractivity contribution in [3.05, 3.63) is 40.6 Å². The van der Waals surface area contributed by atoms with Crippen LogP contribution in [0.2, 0.25) is 5.02 Å². The summed E-state index contributed by atoms with van der Waals surface area (Å²) in [5, 5.41) is 6.56. The van der Waals surface area contributed by atoms with Crippen molar-refractivity contribution in [1.29, 1.82) is 0 Å². The van der Waals surface area contributed by atoms with Crippen LogP contribution in [0, 0.1) is 11.3 Å². The third-order valence-electron chi connectivity index (χ3n) is 5.36. The second kappa shape index (κ2) is 7.37. The molecule has 1 heterocycles. The van der Waals surface area contributed by atoms with Crippen molar-refractivity contribution in [1.82, 2.24) is 5.32 Å². The third-order valence-corrected chi connectivity index (χ3v) is 5.95. The van der Waals surface area contributed by atoms with Crippen LogP contribution < -0.4 is 16.4 Å². The Kier molecular flexibility index (Phi) is 5.34. The van der Waals surface area contributed by atoms with Gasteiger partial charge in [0.1, 0.15) is 0 Å². The average Bonchev–Trinajstić information content (AvgIpc) is 2.56. The molecule has 1 fully saturated rings. The van der Waals surface area contributed by atoms with Crippen LogP contribution in [0.3, 0.4) is 0 Å². The smallest absolute Gasteiger partial charge is 0.253 e. The second-order valence-corrected chi connectivity index (χ2v) is 7.88. The topological polar surface area (TPSA) is 84.2 Å². The van der Waals surface area contributed by atoms with Crippen LogP contribution >= 0.6 is 23.8 Å². The van der Waals surface area contributed by atoms with Crippen molar-refractivity contribution in [2.24, 2.45) is 17.1 Å². The number of amides is 2. The number of allylic oxidation sites excluding steroid dienone is 1. The predicted octanol–water partition coefficient (Wildman–Crippen LogP) is 3.54. The van der Waals surface area contributed by atoms with Gasteiger partial charge in [0.15, 0.2) is 0 Å². The van der Waals surface area contributed by atoms with Gasteiger partial charge in [-0.2, -0.15) is 0 Å². The second-order valence-electron chi connectivity index (χ2n) is 7.00. The van der Waals surface area contributed by atoms with Crippen LogP contribution in [0.25, 0.3) is 0 Å². The standard InChI is InChI=1S/C19H22ClN3O2S/c1-11-14(17(25)23-13-7-5-12(20)6-8-13)19(9-3-2-4-10-19)15(16(21)24)18(26)22-11/h5-8,15H,2-4,9-10H2,1H3,(H2,21,24)(H,22,26)(H,23,25)/t15-/m1/s1. The number of thiocarbonyl (C=S) groups is 1. The van der Waals surface area contributed by atoms with Gasteiger partial charge in [-0.3, -0.25) is 9.59 Å². The van der Waals surface area contributed by atoms with Gasteiger partial charge in [-0.25, -0.2) is 0 Å². The highest BCUT2D eigenvalue weighted by atomic mass is 35.5. The van der Waals surface area contributed by atoms with Gasteiger partial charge in [0.05, 0.1) is 10.9 Å². The molecule has 138 valence electrons. The molecule has 1 aromatic rings. The van der Waals surface area contributed by atoms with E-state index in [2.05, 4.69) is 10.6 Å². The Morgan fingerprint density at radius 1 is 1.23 bits per heavy atom. The van der Waals surface area contributed by atoms with Crippen molar-refractivity contribution >= 4 is 46.3 Å². The molecule has 0 aromatic heterocycles. The summed E-state index contributed by atoms with van der Waals surface area (Å²) in [4.78, 5) is 25.8. The molecular weight excluding hydrogens is 370 g/mol. The Labute approximate surface area is 163 Å². The molecule has 26 heavy (non-hydrogen) atoms. The molecular formula is C19H22ClN3O2S. The molecule has 2 aliphatic rings. The van der Waals surface area contributed by atoms with E-state index in [1.54, 1.807) is 24.3 Å². The summed E-state index contributed by atoms with van der Waals surface area (Å²) in [6, 6.07) is 6.93. The lowest BCUT2D eigenvalue weighted by Crippen LogP contribution is -2.55. The SMILES string of the molecule is CC1=C(C(=O)Nc2ccc(Cl)cc2)C2(CCCCC2)[C@H](C(N)=O)C(=S)N1. The van der Waals surface area contributed by atoms with Crippen LogP contribution in [-0.4, -0.2) is 16.8 Å². The number of carbonyl (C=O) groups is 2. The summed E-state index contributed by atoms with van der Waals surface area (Å²) in [6.45, 7) is 1.83. The number of nitrogens with one attached hydrogen (secondary N) is 2. The lowest BCUT2D eigenvalue weighted by molar-refractivity contribution is -0.124. The zero-order chi connectivity index (χ0) is 18.9. The highest BCUT2D eigenvalue weighted by molar-refractivity contribution is 7.80. The third kappa shape index (κ3) is 3.35. The van der Waals surface area contributed by atoms with Crippen LogP contribution in [0.1, 0.15) is 39.0 Å². The lowest BCUT2D eigenvalue weighted by atomic mass is 9.59. The van der Waals surface area contributed by atoms with Gasteiger partial charge in [-0.15, -0.1) is 0 Å². The first-order valence-corrected chi connectivity index (χ1v) is 9.52. The molecule has 0 saturated heterocycles. The van der Waals surface area contributed by atoms with E-state index >= 15 is 0 Å². The summed E-state index contributed by atoms with van der Waals surface area (Å²) < 4.78 is 0. The number of anilines is 1. The maximum absolute atomic E-state index is 13.2. The predicted molar refractivity (Wildman–Crippen MR) is 107 cm³/mol. The Hall–Kier alpha value is -1.92. The van der Waals surface area contributed by atoms with Gasteiger partial charge >= 0.3 is 0 Å². The van der Waals surface area contributed by atoms with E-state index in [1.807, 2.05) is 6.92 Å². The molecule has 0 unspecified atom stereocenters. The molecule has 1 saturated carbocycles. The van der Waals surface area contributed by atoms with Gasteiger partial charge in [0.25, 0.3) is 5.91 Å². The number of primary amides is 1. The summed E-state index contributed by atoms with van der Waals surface area (Å²) in [6.07, 6.45) is 4.42. The van der Waals surface area contributed by atoms with E-state index in [1.165, 1.54) is 0 Å². The van der Waals surface area contributed by atoms with Crippen LogP contribution in [-0.2, 0) is 9.59 Å². The maximum Gasteiger partial charge on any atom is 0.253 e. The number of nitrogens with two attached hydrogens (primary N) is 1. The first-order chi connectivity index (χ1) is 12.3. The van der Waals surface area contributed by atoms with E-state index in [0.717, 1.165) is 32.1 Å². The molecule has 1 aromatic carbocycles. The zero-order valence-corrected chi connectivity index (χ0v) is 16.2. The van der Waals surface area contributed by atoms with E-state index < -0.39 is 17.2 Å². The van der Waals surface area contributed by atoms with Crippen LogP contribution in [0.15, 0.2) is 35.5 Å². The molecule has 1 spiro atoms. The van der Waals surface area contributed by atoms with Crippen molar-refractivity contribution in [3.63, 3.8) is 0 Å². The van der Waals surface area contributed by atoms with Crippen molar-refractivity contribution in [2.45, 2.75) is 39.0 Å². The number of carbonyl (C=O) groups excluding carboxylic acids is 2. The van der Waals surface area contributed by atoms with Crippen LogP contribution in [0.5, 0.6) is 0 Å². The van der Waals surface area contributed by atoms with Crippen molar-refractivity contribution in [2.75, 3.05) is 5.32 Å². The fourth-order valence-electron chi connectivity index (χ4n) is 4.33. The number of benzene rings is 1. The minimum Gasteiger partial charge on any atom is -0.369 e. The highest BCUT2D eigenvalue weighted by Crippen LogP contribution is 2.51. The molecule has 7 heteroatoms.